The second-order valence-corrected chi connectivity index (χ2v) is 9.08. The standard InChI is InChI=1S/C21H24FN3O5S/c1-14(26)24-19(13-15-6-5-7-16(22)12-15)21(28)25-18(20(23)27)10-11-31(29,30)17-8-3-2-4-9-17/h2-9,12,18-19H,10-11,13H2,1H3,(H2,23,27)(H,24,26)(H,25,28)/t18-,19+/m1/s1. The number of nitrogens with two attached hydrogens (primary N) is 1. The monoisotopic (exact) mass is 449 g/mol. The minimum Gasteiger partial charge on any atom is -0.368 e. The normalized spacial score (nSPS) is 13.1. The fourth-order valence-electron chi connectivity index (χ4n) is 2.93. The summed E-state index contributed by atoms with van der Waals surface area (Å²) in [6, 6.07) is 10.8. The predicted molar refractivity (Wildman–Crippen MR) is 112 cm³/mol. The third-order valence-electron chi connectivity index (χ3n) is 4.46. The molecule has 0 aliphatic carbocycles. The number of sulfone groups is 1. The van der Waals surface area contributed by atoms with Gasteiger partial charge in [-0.3, -0.25) is 14.4 Å². The Kier molecular flexibility index (Phi) is 8.26. The lowest BCUT2D eigenvalue weighted by molar-refractivity contribution is -0.130. The number of halogens is 1. The van der Waals surface area contributed by atoms with Crippen molar-refractivity contribution in [2.45, 2.75) is 36.7 Å². The Hall–Kier alpha value is -3.27. The number of primary amides is 1. The van der Waals surface area contributed by atoms with Gasteiger partial charge in [0.2, 0.25) is 17.7 Å². The van der Waals surface area contributed by atoms with Crippen molar-refractivity contribution < 1.29 is 27.2 Å². The average Bonchev–Trinajstić information content (AvgIpc) is 2.70. The molecular weight excluding hydrogens is 425 g/mol. The van der Waals surface area contributed by atoms with E-state index in [0.717, 1.165) is 0 Å². The zero-order valence-corrected chi connectivity index (χ0v) is 17.7. The molecule has 31 heavy (non-hydrogen) atoms. The van der Waals surface area contributed by atoms with Gasteiger partial charge in [-0.25, -0.2) is 12.8 Å². The van der Waals surface area contributed by atoms with E-state index in [-0.39, 0.29) is 17.7 Å². The van der Waals surface area contributed by atoms with Crippen LogP contribution in [0.4, 0.5) is 4.39 Å². The lowest BCUT2D eigenvalue weighted by Crippen LogP contribution is -2.53. The van der Waals surface area contributed by atoms with Crippen molar-refractivity contribution in [3.8, 4) is 0 Å². The summed E-state index contributed by atoms with van der Waals surface area (Å²) in [5, 5.41) is 4.84. The van der Waals surface area contributed by atoms with Gasteiger partial charge in [-0.15, -0.1) is 0 Å². The lowest BCUT2D eigenvalue weighted by Gasteiger charge is -2.21. The van der Waals surface area contributed by atoms with Gasteiger partial charge in [0.25, 0.3) is 0 Å². The first-order chi connectivity index (χ1) is 14.6. The van der Waals surface area contributed by atoms with Crippen molar-refractivity contribution in [2.24, 2.45) is 5.73 Å². The van der Waals surface area contributed by atoms with Crippen molar-refractivity contribution in [2.75, 3.05) is 5.75 Å². The Morgan fingerprint density at radius 1 is 1.00 bits per heavy atom. The Bertz CT molecular complexity index is 1040. The lowest BCUT2D eigenvalue weighted by atomic mass is 10.0. The molecule has 3 amide bonds. The highest BCUT2D eigenvalue weighted by atomic mass is 32.2. The van der Waals surface area contributed by atoms with Crippen LogP contribution >= 0.6 is 0 Å². The Morgan fingerprint density at radius 2 is 1.68 bits per heavy atom. The Balaban J connectivity index is 2.10. The number of carbonyl (C=O) groups is 3. The molecule has 2 aromatic rings. The third-order valence-corrected chi connectivity index (χ3v) is 6.22. The summed E-state index contributed by atoms with van der Waals surface area (Å²) < 4.78 is 38.3. The molecule has 0 spiro atoms. The first kappa shape index (κ1) is 24.0. The summed E-state index contributed by atoms with van der Waals surface area (Å²) in [6.07, 6.45) is -0.276. The molecule has 4 N–H and O–H groups in total. The maximum atomic E-state index is 13.4. The van der Waals surface area contributed by atoms with Gasteiger partial charge in [0.15, 0.2) is 9.84 Å². The fraction of sp³-hybridized carbons (Fsp3) is 0.286. The quantitative estimate of drug-likeness (QED) is 0.491. The van der Waals surface area contributed by atoms with Crippen LogP contribution in [0.5, 0.6) is 0 Å². The zero-order chi connectivity index (χ0) is 23.0. The largest absolute Gasteiger partial charge is 0.368 e. The summed E-state index contributed by atoms with van der Waals surface area (Å²) >= 11 is 0. The molecule has 2 aromatic carbocycles. The number of benzene rings is 2. The zero-order valence-electron chi connectivity index (χ0n) is 16.9. The van der Waals surface area contributed by atoms with E-state index in [1.54, 1.807) is 24.3 Å². The highest BCUT2D eigenvalue weighted by molar-refractivity contribution is 7.91. The van der Waals surface area contributed by atoms with Gasteiger partial charge < -0.3 is 16.4 Å². The van der Waals surface area contributed by atoms with Crippen LogP contribution in [-0.4, -0.2) is 44.0 Å². The molecule has 8 nitrogen and oxygen atoms in total. The minimum atomic E-state index is -3.69. The molecule has 0 unspecified atom stereocenters. The molecular formula is C21H24FN3O5S. The highest BCUT2D eigenvalue weighted by Crippen LogP contribution is 2.13. The van der Waals surface area contributed by atoms with Gasteiger partial charge in [0, 0.05) is 13.3 Å². The number of hydrogen-bond acceptors (Lipinski definition) is 5. The van der Waals surface area contributed by atoms with Crippen molar-refractivity contribution in [3.05, 3.63) is 66.0 Å². The van der Waals surface area contributed by atoms with E-state index in [9.17, 15) is 27.2 Å². The van der Waals surface area contributed by atoms with E-state index < -0.39 is 51.2 Å². The van der Waals surface area contributed by atoms with E-state index in [1.807, 2.05) is 0 Å². The average molecular weight is 450 g/mol. The molecule has 0 aliphatic rings. The summed E-state index contributed by atoms with van der Waals surface area (Å²) in [5.41, 5.74) is 5.80. The number of rotatable bonds is 10. The molecule has 0 fully saturated rings. The van der Waals surface area contributed by atoms with Crippen molar-refractivity contribution in [1.29, 1.82) is 0 Å². The van der Waals surface area contributed by atoms with E-state index in [1.165, 1.54) is 37.3 Å². The second kappa shape index (κ2) is 10.7. The van der Waals surface area contributed by atoms with Crippen LogP contribution in [0, 0.1) is 5.82 Å². The maximum Gasteiger partial charge on any atom is 0.243 e. The molecule has 0 aromatic heterocycles. The second-order valence-electron chi connectivity index (χ2n) is 6.97. The van der Waals surface area contributed by atoms with Crippen LogP contribution in [0.3, 0.4) is 0 Å². The topological polar surface area (TPSA) is 135 Å². The predicted octanol–water partition coefficient (Wildman–Crippen LogP) is 0.707. The number of amides is 3. The summed E-state index contributed by atoms with van der Waals surface area (Å²) in [5.74, 6) is -3.07. The Labute approximate surface area is 179 Å². The van der Waals surface area contributed by atoms with Crippen LogP contribution in [0.25, 0.3) is 0 Å². The van der Waals surface area contributed by atoms with Crippen LogP contribution in [0.15, 0.2) is 59.5 Å². The van der Waals surface area contributed by atoms with Gasteiger partial charge in [0.1, 0.15) is 17.9 Å². The molecule has 166 valence electrons. The molecule has 0 saturated heterocycles. The van der Waals surface area contributed by atoms with Gasteiger partial charge in [-0.1, -0.05) is 30.3 Å². The van der Waals surface area contributed by atoms with Crippen LogP contribution < -0.4 is 16.4 Å². The third kappa shape index (κ3) is 7.49. The summed E-state index contributed by atoms with van der Waals surface area (Å²) in [7, 11) is -3.69. The summed E-state index contributed by atoms with van der Waals surface area (Å²) in [6.45, 7) is 1.21. The molecule has 10 heteroatoms. The van der Waals surface area contributed by atoms with Crippen molar-refractivity contribution in [3.63, 3.8) is 0 Å². The molecule has 0 radical (unpaired) electrons. The molecule has 0 heterocycles. The van der Waals surface area contributed by atoms with Crippen molar-refractivity contribution in [1.82, 2.24) is 10.6 Å². The SMILES string of the molecule is CC(=O)N[C@@H](Cc1cccc(F)c1)C(=O)N[C@H](CCS(=O)(=O)c1ccccc1)C(N)=O. The summed E-state index contributed by atoms with van der Waals surface area (Å²) in [4.78, 5) is 36.1. The molecule has 0 aliphatic heterocycles. The van der Waals surface area contributed by atoms with Gasteiger partial charge in [0.05, 0.1) is 10.6 Å². The van der Waals surface area contributed by atoms with E-state index in [4.69, 9.17) is 5.73 Å². The fourth-order valence-corrected chi connectivity index (χ4v) is 4.28. The van der Waals surface area contributed by atoms with Gasteiger partial charge in [-0.2, -0.15) is 0 Å². The van der Waals surface area contributed by atoms with Gasteiger partial charge in [-0.05, 0) is 36.2 Å². The highest BCUT2D eigenvalue weighted by Gasteiger charge is 2.27. The number of hydrogen-bond donors (Lipinski definition) is 3. The molecule has 2 atom stereocenters. The maximum absolute atomic E-state index is 13.4. The first-order valence-corrected chi connectivity index (χ1v) is 11.1. The van der Waals surface area contributed by atoms with E-state index >= 15 is 0 Å². The number of carbonyl (C=O) groups excluding carboxylic acids is 3. The van der Waals surface area contributed by atoms with Gasteiger partial charge >= 0.3 is 0 Å². The van der Waals surface area contributed by atoms with Crippen molar-refractivity contribution >= 4 is 27.6 Å². The van der Waals surface area contributed by atoms with E-state index in [2.05, 4.69) is 10.6 Å². The van der Waals surface area contributed by atoms with Crippen LogP contribution in [-0.2, 0) is 30.6 Å². The smallest absolute Gasteiger partial charge is 0.243 e. The first-order valence-electron chi connectivity index (χ1n) is 9.47. The molecule has 0 bridgehead atoms. The molecule has 0 saturated carbocycles. The van der Waals surface area contributed by atoms with E-state index in [0.29, 0.717) is 5.56 Å². The Morgan fingerprint density at radius 3 is 2.26 bits per heavy atom. The molecule has 2 rings (SSSR count). The minimum absolute atomic E-state index is 0.0308. The van der Waals surface area contributed by atoms with Crippen LogP contribution in [0.1, 0.15) is 18.9 Å². The number of nitrogens with one attached hydrogen (secondary N) is 2. The van der Waals surface area contributed by atoms with Crippen LogP contribution in [0.2, 0.25) is 0 Å².